The molecule has 0 radical (unpaired) electrons. The van der Waals surface area contributed by atoms with Crippen molar-refractivity contribution in [2.45, 2.75) is 39.8 Å². The first-order valence-electron chi connectivity index (χ1n) is 10.8. The van der Waals surface area contributed by atoms with Crippen LogP contribution >= 0.6 is 0 Å². The van der Waals surface area contributed by atoms with Gasteiger partial charge in [-0.1, -0.05) is 49.3 Å². The Hall–Kier alpha value is -2.31. The lowest BCUT2D eigenvalue weighted by Crippen LogP contribution is -2.37. The van der Waals surface area contributed by atoms with Gasteiger partial charge < -0.3 is 9.47 Å². The Labute approximate surface area is 186 Å². The molecule has 6 heteroatoms. The Balaban J connectivity index is 1.83. The summed E-state index contributed by atoms with van der Waals surface area (Å²) in [5, 5.41) is 0. The zero-order chi connectivity index (χ0) is 22.4. The van der Waals surface area contributed by atoms with E-state index in [4.69, 9.17) is 9.47 Å². The van der Waals surface area contributed by atoms with E-state index in [0.717, 1.165) is 35.5 Å². The minimum atomic E-state index is -3.46. The third-order valence-corrected chi connectivity index (χ3v) is 7.93. The highest BCUT2D eigenvalue weighted by atomic mass is 32.2. The summed E-state index contributed by atoms with van der Waals surface area (Å²) >= 11 is 0. The van der Waals surface area contributed by atoms with Crippen molar-refractivity contribution >= 4 is 10.0 Å². The number of allylic oxidation sites excluding steroid dienone is 2. The van der Waals surface area contributed by atoms with Crippen LogP contribution in [0.5, 0.6) is 11.5 Å². The Kier molecular flexibility index (Phi) is 7.79. The maximum atomic E-state index is 13.5. The predicted octanol–water partition coefficient (Wildman–Crippen LogP) is 5.03. The topological polar surface area (TPSA) is 55.8 Å². The van der Waals surface area contributed by atoms with Gasteiger partial charge in [0.1, 0.15) is 11.5 Å². The predicted molar refractivity (Wildman–Crippen MR) is 125 cm³/mol. The van der Waals surface area contributed by atoms with E-state index in [9.17, 15) is 8.42 Å². The molecular weight excluding hydrogens is 410 g/mol. The van der Waals surface area contributed by atoms with Crippen LogP contribution < -0.4 is 9.47 Å². The number of methoxy groups -OCH3 is 2. The first-order valence-corrected chi connectivity index (χ1v) is 12.4. The van der Waals surface area contributed by atoms with Crippen LogP contribution in [0.1, 0.15) is 37.8 Å². The molecule has 0 amide bonds. The molecule has 1 aliphatic carbocycles. The third-order valence-electron chi connectivity index (χ3n) is 6.04. The standard InChI is InChI=1S/C25H33NO4S/c1-5-22(23-14-19(2)15-23)18-31(27,28)26(16-20-6-10-24(29-3)11-7-20)17-21-8-12-25(30-4)13-9-21/h6-14,22-23H,5,15-18H2,1-4H3/t22-,23?/m1/s1. The van der Waals surface area contributed by atoms with Crippen molar-refractivity contribution in [3.8, 4) is 11.5 Å². The van der Waals surface area contributed by atoms with Crippen LogP contribution in [0, 0.1) is 11.8 Å². The largest absolute Gasteiger partial charge is 0.497 e. The fraction of sp³-hybridized carbons (Fsp3) is 0.440. The molecule has 5 nitrogen and oxygen atoms in total. The molecule has 2 atom stereocenters. The maximum Gasteiger partial charge on any atom is 0.215 e. The molecule has 0 spiro atoms. The third kappa shape index (κ3) is 6.11. The van der Waals surface area contributed by atoms with Crippen molar-refractivity contribution in [1.29, 1.82) is 0 Å². The number of nitrogens with zero attached hydrogens (tertiary/aromatic N) is 1. The van der Waals surface area contributed by atoms with Crippen molar-refractivity contribution in [2.24, 2.45) is 11.8 Å². The monoisotopic (exact) mass is 443 g/mol. The zero-order valence-electron chi connectivity index (χ0n) is 18.9. The minimum absolute atomic E-state index is 0.142. The summed E-state index contributed by atoms with van der Waals surface area (Å²) in [5.74, 6) is 2.19. The van der Waals surface area contributed by atoms with Gasteiger partial charge in [-0.3, -0.25) is 0 Å². The molecule has 2 aromatic rings. The fourth-order valence-corrected chi connectivity index (χ4v) is 5.97. The van der Waals surface area contributed by atoms with Crippen molar-refractivity contribution in [1.82, 2.24) is 4.31 Å². The summed E-state index contributed by atoms with van der Waals surface area (Å²) in [6.07, 6.45) is 4.08. The van der Waals surface area contributed by atoms with E-state index in [1.165, 1.54) is 5.57 Å². The summed E-state index contributed by atoms with van der Waals surface area (Å²) in [7, 11) is -0.215. The van der Waals surface area contributed by atoms with Gasteiger partial charge in [0.05, 0.1) is 20.0 Å². The number of hydrogen-bond acceptors (Lipinski definition) is 4. The molecule has 0 aliphatic heterocycles. The Morgan fingerprint density at radius 2 is 1.39 bits per heavy atom. The number of ether oxygens (including phenoxy) is 2. The van der Waals surface area contributed by atoms with E-state index in [1.54, 1.807) is 18.5 Å². The summed E-state index contributed by atoms with van der Waals surface area (Å²) < 4.78 is 39.1. The lowest BCUT2D eigenvalue weighted by atomic mass is 9.78. The second-order valence-electron chi connectivity index (χ2n) is 8.29. The summed E-state index contributed by atoms with van der Waals surface area (Å²) in [5.41, 5.74) is 3.23. The molecule has 0 aromatic heterocycles. The SMILES string of the molecule is CC[C@H](CS(=O)(=O)N(Cc1ccc(OC)cc1)Cc1ccc(OC)cc1)C1C=C(C)C1. The average Bonchev–Trinajstić information content (AvgIpc) is 2.76. The smallest absolute Gasteiger partial charge is 0.215 e. The second-order valence-corrected chi connectivity index (χ2v) is 10.3. The molecule has 31 heavy (non-hydrogen) atoms. The van der Waals surface area contributed by atoms with Crippen molar-refractivity contribution in [3.63, 3.8) is 0 Å². The molecular formula is C25H33NO4S. The number of rotatable bonds is 11. The molecule has 0 heterocycles. The van der Waals surface area contributed by atoms with Gasteiger partial charge in [-0.25, -0.2) is 8.42 Å². The highest BCUT2D eigenvalue weighted by Crippen LogP contribution is 2.35. The number of hydrogen-bond donors (Lipinski definition) is 0. The van der Waals surface area contributed by atoms with E-state index in [1.807, 2.05) is 48.5 Å². The molecule has 0 fully saturated rings. The molecule has 0 saturated heterocycles. The van der Waals surface area contributed by atoms with Crippen LogP contribution in [-0.4, -0.2) is 32.7 Å². The quantitative estimate of drug-likeness (QED) is 0.457. The first kappa shape index (κ1) is 23.4. The van der Waals surface area contributed by atoms with E-state index in [-0.39, 0.29) is 11.7 Å². The van der Waals surface area contributed by atoms with Crippen LogP contribution in [0.25, 0.3) is 0 Å². The van der Waals surface area contributed by atoms with Gasteiger partial charge in [-0.15, -0.1) is 0 Å². The van der Waals surface area contributed by atoms with Gasteiger partial charge in [0.2, 0.25) is 10.0 Å². The number of sulfonamides is 1. The molecule has 2 aromatic carbocycles. The highest BCUT2D eigenvalue weighted by Gasteiger charge is 2.32. The normalized spacial score (nSPS) is 17.1. The van der Waals surface area contributed by atoms with Crippen molar-refractivity contribution in [3.05, 3.63) is 71.3 Å². The van der Waals surface area contributed by atoms with E-state index in [0.29, 0.717) is 19.0 Å². The van der Waals surface area contributed by atoms with Gasteiger partial charge in [0.25, 0.3) is 0 Å². The summed E-state index contributed by atoms with van der Waals surface area (Å²) in [6, 6.07) is 15.1. The second kappa shape index (κ2) is 10.3. The van der Waals surface area contributed by atoms with E-state index in [2.05, 4.69) is 19.9 Å². The summed E-state index contributed by atoms with van der Waals surface area (Å²) in [4.78, 5) is 0. The van der Waals surface area contributed by atoms with Crippen LogP contribution in [0.2, 0.25) is 0 Å². The van der Waals surface area contributed by atoms with Gasteiger partial charge in [0, 0.05) is 13.1 Å². The fourth-order valence-electron chi connectivity index (χ4n) is 4.05. The summed E-state index contributed by atoms with van der Waals surface area (Å²) in [6.45, 7) is 4.85. The Morgan fingerprint density at radius 1 is 0.935 bits per heavy atom. The lowest BCUT2D eigenvalue weighted by Gasteiger charge is -2.32. The molecule has 1 aliphatic rings. The maximum absolute atomic E-state index is 13.5. The average molecular weight is 444 g/mol. The van der Waals surface area contributed by atoms with Gasteiger partial charge in [-0.2, -0.15) is 4.31 Å². The van der Waals surface area contributed by atoms with Gasteiger partial charge >= 0.3 is 0 Å². The van der Waals surface area contributed by atoms with Crippen LogP contribution in [0.15, 0.2) is 60.2 Å². The Bertz CT molecular complexity index is 932. The first-order chi connectivity index (χ1) is 14.8. The van der Waals surface area contributed by atoms with E-state index >= 15 is 0 Å². The van der Waals surface area contributed by atoms with Gasteiger partial charge in [0.15, 0.2) is 0 Å². The van der Waals surface area contributed by atoms with Crippen molar-refractivity contribution in [2.75, 3.05) is 20.0 Å². The lowest BCUT2D eigenvalue weighted by molar-refractivity contribution is 0.356. The van der Waals surface area contributed by atoms with Crippen LogP contribution in [0.3, 0.4) is 0 Å². The highest BCUT2D eigenvalue weighted by molar-refractivity contribution is 7.89. The molecule has 168 valence electrons. The van der Waals surface area contributed by atoms with Crippen LogP contribution in [-0.2, 0) is 23.1 Å². The van der Waals surface area contributed by atoms with Gasteiger partial charge in [-0.05, 0) is 60.6 Å². The molecule has 0 bridgehead atoms. The van der Waals surface area contributed by atoms with E-state index < -0.39 is 10.0 Å². The van der Waals surface area contributed by atoms with Crippen LogP contribution in [0.4, 0.5) is 0 Å². The minimum Gasteiger partial charge on any atom is -0.497 e. The number of benzene rings is 2. The zero-order valence-corrected chi connectivity index (χ0v) is 19.7. The molecule has 1 unspecified atom stereocenters. The molecule has 0 N–H and O–H groups in total. The Morgan fingerprint density at radius 3 is 1.74 bits per heavy atom. The molecule has 0 saturated carbocycles. The molecule has 3 rings (SSSR count). The van der Waals surface area contributed by atoms with Crippen molar-refractivity contribution < 1.29 is 17.9 Å².